The summed E-state index contributed by atoms with van der Waals surface area (Å²) < 4.78 is 32.9. The van der Waals surface area contributed by atoms with Crippen molar-refractivity contribution in [1.82, 2.24) is 9.03 Å². The molecule has 0 saturated carbocycles. The lowest BCUT2D eigenvalue weighted by Crippen LogP contribution is -2.51. The fraction of sp³-hybridized carbons (Fsp3) is 1.00. The molecule has 0 aromatic heterocycles. The Kier molecular flexibility index (Phi) is 5.81. The summed E-state index contributed by atoms with van der Waals surface area (Å²) in [6.07, 6.45) is 2.36. The van der Waals surface area contributed by atoms with Crippen molar-refractivity contribution in [2.24, 2.45) is 0 Å². The summed E-state index contributed by atoms with van der Waals surface area (Å²) in [4.78, 5) is 0. The molecule has 2 N–H and O–H groups in total. The van der Waals surface area contributed by atoms with Gasteiger partial charge in [-0.15, -0.1) is 0 Å². The van der Waals surface area contributed by atoms with Gasteiger partial charge in [-0.25, -0.2) is 0 Å². The number of nitrogens with one attached hydrogen (secondary N) is 1. The molecule has 2 unspecified atom stereocenters. The van der Waals surface area contributed by atoms with Crippen molar-refractivity contribution in [2.45, 2.75) is 38.3 Å². The van der Waals surface area contributed by atoms with Crippen molar-refractivity contribution in [3.63, 3.8) is 0 Å². The molecular weight excluding hydrogens is 244 g/mol. The molecule has 0 amide bonds. The number of rotatable bonds is 6. The minimum Gasteiger partial charge on any atom is -0.395 e. The lowest BCUT2D eigenvalue weighted by molar-refractivity contribution is 0.120. The highest BCUT2D eigenvalue weighted by Gasteiger charge is 2.31. The van der Waals surface area contributed by atoms with E-state index >= 15 is 0 Å². The Bertz CT molecular complexity index is 320. The molecule has 102 valence electrons. The Morgan fingerprint density at radius 1 is 1.53 bits per heavy atom. The molecule has 6 nitrogen and oxygen atoms in total. The molecule has 17 heavy (non-hydrogen) atoms. The van der Waals surface area contributed by atoms with Crippen molar-refractivity contribution in [3.05, 3.63) is 0 Å². The Hall–Kier alpha value is -0.210. The van der Waals surface area contributed by atoms with Crippen molar-refractivity contribution in [3.8, 4) is 0 Å². The van der Waals surface area contributed by atoms with Crippen molar-refractivity contribution in [1.29, 1.82) is 0 Å². The lowest BCUT2D eigenvalue weighted by atomic mass is 10.1. The summed E-state index contributed by atoms with van der Waals surface area (Å²) in [5.74, 6) is 0. The first-order valence-corrected chi connectivity index (χ1v) is 7.35. The number of ether oxygens (including phenoxy) is 1. The number of hydrogen-bond acceptors (Lipinski definition) is 4. The third kappa shape index (κ3) is 4.18. The zero-order valence-electron chi connectivity index (χ0n) is 10.4. The predicted molar refractivity (Wildman–Crippen MR) is 64.8 cm³/mol. The van der Waals surface area contributed by atoms with E-state index in [2.05, 4.69) is 4.72 Å². The van der Waals surface area contributed by atoms with Gasteiger partial charge in [0, 0.05) is 26.2 Å². The Balaban J connectivity index is 2.61. The van der Waals surface area contributed by atoms with Crippen LogP contribution in [0.4, 0.5) is 0 Å². The third-order valence-corrected chi connectivity index (χ3v) is 4.68. The van der Waals surface area contributed by atoms with Gasteiger partial charge in [0.15, 0.2) is 0 Å². The van der Waals surface area contributed by atoms with Gasteiger partial charge in [0.2, 0.25) is 0 Å². The summed E-state index contributed by atoms with van der Waals surface area (Å²) in [5.41, 5.74) is 0. The van der Waals surface area contributed by atoms with Crippen LogP contribution in [0.2, 0.25) is 0 Å². The highest BCUT2D eigenvalue weighted by atomic mass is 32.2. The summed E-state index contributed by atoms with van der Waals surface area (Å²) >= 11 is 0. The zero-order valence-corrected chi connectivity index (χ0v) is 11.2. The molecule has 0 bridgehead atoms. The maximum atomic E-state index is 12.0. The van der Waals surface area contributed by atoms with E-state index in [1.807, 2.05) is 0 Å². The number of methoxy groups -OCH3 is 1. The molecule has 1 rings (SSSR count). The zero-order chi connectivity index (χ0) is 12.9. The number of piperidine rings is 1. The van der Waals surface area contributed by atoms with E-state index in [1.54, 1.807) is 6.92 Å². The first kappa shape index (κ1) is 14.8. The Labute approximate surface area is 103 Å². The van der Waals surface area contributed by atoms with E-state index in [9.17, 15) is 13.5 Å². The molecule has 1 saturated heterocycles. The number of aliphatic hydroxyl groups is 1. The molecule has 0 aromatic carbocycles. The monoisotopic (exact) mass is 266 g/mol. The summed E-state index contributed by atoms with van der Waals surface area (Å²) in [5, 5.41) is 9.19. The van der Waals surface area contributed by atoms with Gasteiger partial charge in [-0.3, -0.25) is 0 Å². The molecule has 0 radical (unpaired) electrons. The van der Waals surface area contributed by atoms with Crippen LogP contribution in [-0.2, 0) is 14.9 Å². The van der Waals surface area contributed by atoms with Crippen molar-refractivity contribution >= 4 is 10.2 Å². The van der Waals surface area contributed by atoms with Crippen molar-refractivity contribution in [2.75, 3.05) is 26.8 Å². The predicted octanol–water partition coefficient (Wildman–Crippen LogP) is -0.297. The molecule has 0 spiro atoms. The van der Waals surface area contributed by atoms with E-state index < -0.39 is 10.2 Å². The normalized spacial score (nSPS) is 24.8. The second kappa shape index (κ2) is 6.65. The van der Waals surface area contributed by atoms with Gasteiger partial charge in [-0.2, -0.15) is 17.4 Å². The summed E-state index contributed by atoms with van der Waals surface area (Å²) in [7, 11) is -1.97. The standard InChI is InChI=1S/C10H22N2O4S/c1-9(16-2)7-11-17(14,15)12-6-4-3-5-10(12)8-13/h9-11,13H,3-8H2,1-2H3. The van der Waals surface area contributed by atoms with E-state index in [0.717, 1.165) is 19.3 Å². The summed E-state index contributed by atoms with van der Waals surface area (Å²) in [6.45, 7) is 2.39. The van der Waals surface area contributed by atoms with Crippen molar-refractivity contribution < 1.29 is 18.3 Å². The van der Waals surface area contributed by atoms with Crippen LogP contribution in [0.3, 0.4) is 0 Å². The van der Waals surface area contributed by atoms with E-state index in [-0.39, 0.29) is 25.3 Å². The van der Waals surface area contributed by atoms with Crippen LogP contribution >= 0.6 is 0 Å². The molecule has 7 heteroatoms. The average molecular weight is 266 g/mol. The molecular formula is C10H22N2O4S. The van der Waals surface area contributed by atoms with Crippen LogP contribution in [0.25, 0.3) is 0 Å². The second-order valence-corrected chi connectivity index (χ2v) is 6.05. The van der Waals surface area contributed by atoms with Gasteiger partial charge in [0.1, 0.15) is 0 Å². The molecule has 0 aliphatic carbocycles. The molecule has 1 heterocycles. The average Bonchev–Trinajstić information content (AvgIpc) is 2.35. The van der Waals surface area contributed by atoms with Gasteiger partial charge in [-0.05, 0) is 19.8 Å². The minimum absolute atomic E-state index is 0.124. The summed E-state index contributed by atoms with van der Waals surface area (Å²) in [6, 6.07) is -0.292. The number of aliphatic hydroxyl groups excluding tert-OH is 1. The topological polar surface area (TPSA) is 78.9 Å². The van der Waals surface area contributed by atoms with E-state index in [4.69, 9.17) is 4.74 Å². The quantitative estimate of drug-likeness (QED) is 0.692. The van der Waals surface area contributed by atoms with Crippen LogP contribution in [0, 0.1) is 0 Å². The van der Waals surface area contributed by atoms with Gasteiger partial charge in [0.05, 0.1) is 12.7 Å². The van der Waals surface area contributed by atoms with E-state index in [1.165, 1.54) is 11.4 Å². The fourth-order valence-corrected chi connectivity index (χ4v) is 3.41. The maximum absolute atomic E-state index is 12.0. The van der Waals surface area contributed by atoms with Crippen LogP contribution in [0.5, 0.6) is 0 Å². The molecule has 1 fully saturated rings. The highest BCUT2D eigenvalue weighted by molar-refractivity contribution is 7.87. The second-order valence-electron chi connectivity index (χ2n) is 4.34. The van der Waals surface area contributed by atoms with Crippen LogP contribution < -0.4 is 4.72 Å². The third-order valence-electron chi connectivity index (χ3n) is 3.05. The van der Waals surface area contributed by atoms with Gasteiger partial charge in [0.25, 0.3) is 10.2 Å². The first-order valence-electron chi connectivity index (χ1n) is 5.91. The smallest absolute Gasteiger partial charge is 0.279 e. The highest BCUT2D eigenvalue weighted by Crippen LogP contribution is 2.19. The number of hydrogen-bond donors (Lipinski definition) is 2. The van der Waals surface area contributed by atoms with Gasteiger partial charge < -0.3 is 9.84 Å². The van der Waals surface area contributed by atoms with E-state index in [0.29, 0.717) is 6.54 Å². The van der Waals surface area contributed by atoms with Crippen LogP contribution in [-0.4, -0.2) is 56.8 Å². The fourth-order valence-electron chi connectivity index (χ4n) is 1.86. The van der Waals surface area contributed by atoms with Crippen LogP contribution in [0.1, 0.15) is 26.2 Å². The van der Waals surface area contributed by atoms with Gasteiger partial charge in [-0.1, -0.05) is 6.42 Å². The van der Waals surface area contributed by atoms with Crippen LogP contribution in [0.15, 0.2) is 0 Å². The Morgan fingerprint density at radius 2 is 2.24 bits per heavy atom. The first-order chi connectivity index (χ1) is 8.01. The lowest BCUT2D eigenvalue weighted by Gasteiger charge is -2.33. The molecule has 1 aliphatic heterocycles. The maximum Gasteiger partial charge on any atom is 0.279 e. The number of nitrogens with zero attached hydrogens (tertiary/aromatic N) is 1. The SMILES string of the molecule is COC(C)CNS(=O)(=O)N1CCCCC1CO. The largest absolute Gasteiger partial charge is 0.395 e. The van der Waals surface area contributed by atoms with Gasteiger partial charge >= 0.3 is 0 Å². The molecule has 0 aromatic rings. The minimum atomic E-state index is -3.51. The molecule has 1 aliphatic rings. The molecule has 2 atom stereocenters. The Morgan fingerprint density at radius 3 is 2.82 bits per heavy atom.